The zero-order valence-corrected chi connectivity index (χ0v) is 13.8. The van der Waals surface area contributed by atoms with Gasteiger partial charge in [0.05, 0.1) is 19.1 Å². The summed E-state index contributed by atoms with van der Waals surface area (Å²) >= 11 is 0. The van der Waals surface area contributed by atoms with Crippen molar-refractivity contribution in [2.45, 2.75) is 58.1 Å². The highest BCUT2D eigenvalue weighted by Gasteiger charge is 2.24. The molecule has 23 heavy (non-hydrogen) atoms. The van der Waals surface area contributed by atoms with Crippen LogP contribution in [-0.4, -0.2) is 24.6 Å². The molecular weight excluding hydrogens is 294 g/mol. The maximum Gasteiger partial charge on any atom is 0.308 e. The largest absolute Gasteiger partial charge is 0.494 e. The van der Waals surface area contributed by atoms with Gasteiger partial charge in [0, 0.05) is 12.5 Å². The van der Waals surface area contributed by atoms with Gasteiger partial charge in [-0.1, -0.05) is 18.2 Å². The summed E-state index contributed by atoms with van der Waals surface area (Å²) in [5.41, 5.74) is 0.799. The van der Waals surface area contributed by atoms with E-state index in [0.29, 0.717) is 12.4 Å². The van der Waals surface area contributed by atoms with Gasteiger partial charge in [0.1, 0.15) is 11.9 Å². The van der Waals surface area contributed by atoms with Crippen molar-refractivity contribution < 1.29 is 19.1 Å². The SMILES string of the molecule is CCOc1ccccc1[C@H](CC(=O)OC1CCCC1)NC(C)=O. The van der Waals surface area contributed by atoms with Crippen molar-refractivity contribution in [2.24, 2.45) is 0 Å². The molecule has 0 radical (unpaired) electrons. The summed E-state index contributed by atoms with van der Waals surface area (Å²) in [4.78, 5) is 23.7. The second-order valence-corrected chi connectivity index (χ2v) is 5.82. The van der Waals surface area contributed by atoms with E-state index in [1.54, 1.807) is 0 Å². The first-order valence-corrected chi connectivity index (χ1v) is 8.28. The maximum atomic E-state index is 12.2. The summed E-state index contributed by atoms with van der Waals surface area (Å²) in [5, 5.41) is 2.83. The van der Waals surface area contributed by atoms with Crippen LogP contribution >= 0.6 is 0 Å². The van der Waals surface area contributed by atoms with Crippen molar-refractivity contribution in [3.63, 3.8) is 0 Å². The van der Waals surface area contributed by atoms with Crippen LogP contribution in [0, 0.1) is 0 Å². The Bertz CT molecular complexity index is 538. The normalized spacial score (nSPS) is 15.9. The molecule has 0 heterocycles. The number of benzene rings is 1. The van der Waals surface area contributed by atoms with E-state index < -0.39 is 6.04 Å². The Labute approximate surface area is 137 Å². The number of esters is 1. The number of hydrogen-bond acceptors (Lipinski definition) is 4. The monoisotopic (exact) mass is 319 g/mol. The maximum absolute atomic E-state index is 12.2. The molecule has 1 aromatic rings. The topological polar surface area (TPSA) is 64.6 Å². The lowest BCUT2D eigenvalue weighted by atomic mass is 10.0. The second kappa shape index (κ2) is 8.56. The number of hydrogen-bond donors (Lipinski definition) is 1. The molecule has 0 aromatic heterocycles. The highest BCUT2D eigenvalue weighted by molar-refractivity contribution is 5.76. The molecule has 1 amide bonds. The van der Waals surface area contributed by atoms with Gasteiger partial charge in [-0.2, -0.15) is 0 Å². The molecule has 1 N–H and O–H groups in total. The minimum absolute atomic E-state index is 0.0302. The van der Waals surface area contributed by atoms with Crippen molar-refractivity contribution in [3.8, 4) is 5.75 Å². The number of ether oxygens (including phenoxy) is 2. The number of amides is 1. The summed E-state index contributed by atoms with van der Waals surface area (Å²) in [6, 6.07) is 7.01. The van der Waals surface area contributed by atoms with Crippen molar-refractivity contribution in [3.05, 3.63) is 29.8 Å². The molecule has 5 heteroatoms. The zero-order valence-electron chi connectivity index (χ0n) is 13.8. The molecule has 0 spiro atoms. The molecule has 0 unspecified atom stereocenters. The molecule has 1 aromatic carbocycles. The van der Waals surface area contributed by atoms with Gasteiger partial charge in [0.15, 0.2) is 0 Å². The molecule has 5 nitrogen and oxygen atoms in total. The lowest BCUT2D eigenvalue weighted by Crippen LogP contribution is -2.29. The van der Waals surface area contributed by atoms with E-state index in [4.69, 9.17) is 9.47 Å². The van der Waals surface area contributed by atoms with Crippen molar-refractivity contribution in [2.75, 3.05) is 6.61 Å². The first-order chi connectivity index (χ1) is 11.1. The lowest BCUT2D eigenvalue weighted by molar-refractivity contribution is -0.149. The predicted molar refractivity (Wildman–Crippen MR) is 87.1 cm³/mol. The van der Waals surface area contributed by atoms with Gasteiger partial charge in [-0.25, -0.2) is 0 Å². The molecule has 1 aliphatic carbocycles. The fraction of sp³-hybridized carbons (Fsp3) is 0.556. The van der Waals surface area contributed by atoms with Gasteiger partial charge in [0.25, 0.3) is 0 Å². The number of para-hydroxylation sites is 1. The number of rotatable bonds is 7. The van der Waals surface area contributed by atoms with Crippen molar-refractivity contribution in [1.82, 2.24) is 5.32 Å². The standard InChI is InChI=1S/C18H25NO4/c1-3-22-17-11-7-6-10-15(17)16(19-13(2)20)12-18(21)23-14-8-4-5-9-14/h6-7,10-11,14,16H,3-5,8-9,12H2,1-2H3,(H,19,20)/t16-/m0/s1. The summed E-state index contributed by atoms with van der Waals surface area (Å²) < 4.78 is 11.1. The van der Waals surface area contributed by atoms with E-state index in [0.717, 1.165) is 31.2 Å². The van der Waals surface area contributed by atoms with Gasteiger partial charge in [-0.3, -0.25) is 9.59 Å². The Hall–Kier alpha value is -2.04. The van der Waals surface area contributed by atoms with E-state index in [2.05, 4.69) is 5.32 Å². The molecule has 1 saturated carbocycles. The number of carbonyl (C=O) groups is 2. The second-order valence-electron chi connectivity index (χ2n) is 5.82. The van der Waals surface area contributed by atoms with Gasteiger partial charge < -0.3 is 14.8 Å². The highest BCUT2D eigenvalue weighted by atomic mass is 16.5. The first kappa shape index (κ1) is 17.3. The van der Waals surface area contributed by atoms with Crippen LogP contribution < -0.4 is 10.1 Å². The van der Waals surface area contributed by atoms with Crippen LogP contribution in [0.15, 0.2) is 24.3 Å². The van der Waals surface area contributed by atoms with Crippen LogP contribution in [0.4, 0.5) is 0 Å². The Kier molecular flexibility index (Phi) is 6.44. The third-order valence-corrected chi connectivity index (χ3v) is 3.94. The molecule has 0 aliphatic heterocycles. The minimum atomic E-state index is -0.441. The van der Waals surface area contributed by atoms with E-state index in [9.17, 15) is 9.59 Å². The molecule has 1 aliphatic rings. The molecule has 1 atom stereocenters. The molecule has 1 fully saturated rings. The molecule has 0 saturated heterocycles. The summed E-state index contributed by atoms with van der Waals surface area (Å²) in [5.74, 6) is 0.222. The zero-order chi connectivity index (χ0) is 16.7. The summed E-state index contributed by atoms with van der Waals surface area (Å²) in [6.07, 6.45) is 4.24. The number of carbonyl (C=O) groups excluding carboxylic acids is 2. The van der Waals surface area contributed by atoms with Crippen LogP contribution in [0.5, 0.6) is 5.75 Å². The van der Waals surface area contributed by atoms with Crippen molar-refractivity contribution in [1.29, 1.82) is 0 Å². The van der Waals surface area contributed by atoms with Gasteiger partial charge in [-0.05, 0) is 38.7 Å². The van der Waals surface area contributed by atoms with Crippen LogP contribution in [0.25, 0.3) is 0 Å². The van der Waals surface area contributed by atoms with Crippen LogP contribution in [0.3, 0.4) is 0 Å². The van der Waals surface area contributed by atoms with E-state index >= 15 is 0 Å². The Balaban J connectivity index is 2.09. The Morgan fingerprint density at radius 3 is 2.61 bits per heavy atom. The van der Waals surface area contributed by atoms with Crippen LogP contribution in [0.2, 0.25) is 0 Å². The number of nitrogens with one attached hydrogen (secondary N) is 1. The Morgan fingerprint density at radius 2 is 1.96 bits per heavy atom. The summed E-state index contributed by atoms with van der Waals surface area (Å²) in [6.45, 7) is 3.87. The van der Waals surface area contributed by atoms with E-state index in [1.807, 2.05) is 31.2 Å². The molecule has 126 valence electrons. The fourth-order valence-corrected chi connectivity index (χ4v) is 2.95. The predicted octanol–water partition coefficient (Wildman–Crippen LogP) is 3.14. The fourth-order valence-electron chi connectivity index (χ4n) is 2.95. The first-order valence-electron chi connectivity index (χ1n) is 8.28. The molecule has 2 rings (SSSR count). The lowest BCUT2D eigenvalue weighted by Gasteiger charge is -2.21. The van der Waals surface area contributed by atoms with Crippen molar-refractivity contribution >= 4 is 11.9 Å². The summed E-state index contributed by atoms with van der Waals surface area (Å²) in [7, 11) is 0. The highest BCUT2D eigenvalue weighted by Crippen LogP contribution is 2.29. The van der Waals surface area contributed by atoms with Crippen LogP contribution in [-0.2, 0) is 14.3 Å². The Morgan fingerprint density at radius 1 is 1.26 bits per heavy atom. The van der Waals surface area contributed by atoms with Gasteiger partial charge in [-0.15, -0.1) is 0 Å². The third kappa shape index (κ3) is 5.27. The molecular formula is C18H25NO4. The van der Waals surface area contributed by atoms with E-state index in [-0.39, 0.29) is 24.4 Å². The van der Waals surface area contributed by atoms with Crippen LogP contribution in [0.1, 0.15) is 57.6 Å². The average molecular weight is 319 g/mol. The van der Waals surface area contributed by atoms with Gasteiger partial charge in [0.2, 0.25) is 5.91 Å². The van der Waals surface area contributed by atoms with E-state index in [1.165, 1.54) is 6.92 Å². The average Bonchev–Trinajstić information content (AvgIpc) is 3.00. The van der Waals surface area contributed by atoms with Gasteiger partial charge >= 0.3 is 5.97 Å². The molecule has 0 bridgehead atoms. The minimum Gasteiger partial charge on any atom is -0.494 e. The third-order valence-electron chi connectivity index (χ3n) is 3.94. The smallest absolute Gasteiger partial charge is 0.308 e. The quantitative estimate of drug-likeness (QED) is 0.784.